The van der Waals surface area contributed by atoms with E-state index in [1.807, 2.05) is 0 Å². The highest BCUT2D eigenvalue weighted by Crippen LogP contribution is 2.11. The van der Waals surface area contributed by atoms with Crippen LogP contribution in [0, 0.1) is 0 Å². The summed E-state index contributed by atoms with van der Waals surface area (Å²) >= 11 is 5.57. The number of halogens is 1. The third-order valence-electron chi connectivity index (χ3n) is 1.16. The number of aromatic nitrogens is 1. The molecule has 10 heavy (non-hydrogen) atoms. The molecule has 0 saturated carbocycles. The first-order chi connectivity index (χ1) is 4.70. The fraction of sp³-hybridized carbons (Fsp3) is 0.286. The molecule has 0 spiro atoms. The van der Waals surface area contributed by atoms with Crippen molar-refractivity contribution in [1.82, 2.24) is 4.98 Å². The number of aliphatic hydroxyl groups is 1. The SMILES string of the molecule is C[C@@H](O)c1cccc(Cl)n1. The van der Waals surface area contributed by atoms with Gasteiger partial charge in [0.1, 0.15) is 5.15 Å². The molecular weight excluding hydrogens is 150 g/mol. The Morgan fingerprint density at radius 3 is 2.70 bits per heavy atom. The van der Waals surface area contributed by atoms with E-state index in [2.05, 4.69) is 4.98 Å². The van der Waals surface area contributed by atoms with Crippen LogP contribution in [-0.2, 0) is 0 Å². The quantitative estimate of drug-likeness (QED) is 0.631. The van der Waals surface area contributed by atoms with Gasteiger partial charge < -0.3 is 5.11 Å². The third kappa shape index (κ3) is 1.69. The maximum absolute atomic E-state index is 9.03. The Kier molecular flexibility index (Phi) is 2.25. The lowest BCUT2D eigenvalue weighted by Crippen LogP contribution is -1.93. The number of pyridine rings is 1. The van der Waals surface area contributed by atoms with Gasteiger partial charge in [-0.25, -0.2) is 4.98 Å². The predicted octanol–water partition coefficient (Wildman–Crippen LogP) is 1.79. The van der Waals surface area contributed by atoms with Crippen molar-refractivity contribution in [3.05, 3.63) is 29.0 Å². The summed E-state index contributed by atoms with van der Waals surface area (Å²) in [6, 6.07) is 5.17. The molecule has 1 N–H and O–H groups in total. The van der Waals surface area contributed by atoms with Crippen LogP contribution in [0.2, 0.25) is 5.15 Å². The summed E-state index contributed by atoms with van der Waals surface area (Å²) in [5.74, 6) is 0. The molecular formula is C7H8ClNO. The Morgan fingerprint density at radius 2 is 2.30 bits per heavy atom. The van der Waals surface area contributed by atoms with Gasteiger partial charge in [-0.05, 0) is 19.1 Å². The van der Waals surface area contributed by atoms with Gasteiger partial charge in [0.25, 0.3) is 0 Å². The summed E-state index contributed by atoms with van der Waals surface area (Å²) in [6.45, 7) is 1.65. The zero-order valence-electron chi connectivity index (χ0n) is 5.58. The lowest BCUT2D eigenvalue weighted by Gasteiger charge is -2.01. The minimum absolute atomic E-state index is 0.415. The zero-order valence-corrected chi connectivity index (χ0v) is 6.34. The number of rotatable bonds is 1. The Bertz CT molecular complexity index is 225. The monoisotopic (exact) mass is 157 g/mol. The topological polar surface area (TPSA) is 33.1 Å². The van der Waals surface area contributed by atoms with Gasteiger partial charge in [0, 0.05) is 0 Å². The average Bonchev–Trinajstić information content (AvgIpc) is 1.88. The highest BCUT2D eigenvalue weighted by atomic mass is 35.5. The Labute approximate surface area is 64.5 Å². The van der Waals surface area contributed by atoms with E-state index in [0.717, 1.165) is 0 Å². The van der Waals surface area contributed by atoms with Gasteiger partial charge in [-0.3, -0.25) is 0 Å². The summed E-state index contributed by atoms with van der Waals surface area (Å²) in [4.78, 5) is 3.89. The van der Waals surface area contributed by atoms with Crippen molar-refractivity contribution in [1.29, 1.82) is 0 Å². The molecule has 0 amide bonds. The van der Waals surface area contributed by atoms with Crippen LogP contribution in [0.5, 0.6) is 0 Å². The summed E-state index contributed by atoms with van der Waals surface area (Å²) < 4.78 is 0. The van der Waals surface area contributed by atoms with Crippen molar-refractivity contribution < 1.29 is 5.11 Å². The standard InChI is InChI=1S/C7H8ClNO/c1-5(10)6-3-2-4-7(8)9-6/h2-5,10H,1H3/t5-/m1/s1. The molecule has 0 radical (unpaired) electrons. The molecule has 1 rings (SSSR count). The second-order valence-corrected chi connectivity index (χ2v) is 2.45. The lowest BCUT2D eigenvalue weighted by molar-refractivity contribution is 0.194. The number of hydrogen-bond donors (Lipinski definition) is 1. The maximum Gasteiger partial charge on any atom is 0.129 e. The van der Waals surface area contributed by atoms with Crippen LogP contribution in [-0.4, -0.2) is 10.1 Å². The average molecular weight is 158 g/mol. The third-order valence-corrected chi connectivity index (χ3v) is 1.38. The van der Waals surface area contributed by atoms with Crippen molar-refractivity contribution in [2.45, 2.75) is 13.0 Å². The van der Waals surface area contributed by atoms with Crippen molar-refractivity contribution >= 4 is 11.6 Å². The van der Waals surface area contributed by atoms with Crippen molar-refractivity contribution in [3.8, 4) is 0 Å². The predicted molar refractivity (Wildman–Crippen MR) is 39.9 cm³/mol. The largest absolute Gasteiger partial charge is 0.387 e. The Morgan fingerprint density at radius 1 is 1.60 bits per heavy atom. The fourth-order valence-corrected chi connectivity index (χ4v) is 0.827. The van der Waals surface area contributed by atoms with E-state index in [4.69, 9.17) is 16.7 Å². The smallest absolute Gasteiger partial charge is 0.129 e. The molecule has 54 valence electrons. The van der Waals surface area contributed by atoms with Crippen LogP contribution in [0.15, 0.2) is 18.2 Å². The molecule has 1 aromatic heterocycles. The van der Waals surface area contributed by atoms with Gasteiger partial charge in [0.05, 0.1) is 11.8 Å². The zero-order chi connectivity index (χ0) is 7.56. The molecule has 0 unspecified atom stereocenters. The normalized spacial score (nSPS) is 13.1. The van der Waals surface area contributed by atoms with Crippen LogP contribution in [0.4, 0.5) is 0 Å². The second kappa shape index (κ2) is 2.99. The summed E-state index contributed by atoms with van der Waals surface area (Å²) in [6.07, 6.45) is -0.543. The molecule has 0 aliphatic heterocycles. The van der Waals surface area contributed by atoms with Crippen LogP contribution in [0.3, 0.4) is 0 Å². The van der Waals surface area contributed by atoms with Gasteiger partial charge in [0.2, 0.25) is 0 Å². The van der Waals surface area contributed by atoms with Gasteiger partial charge in [-0.1, -0.05) is 17.7 Å². The first-order valence-electron chi connectivity index (χ1n) is 3.00. The van der Waals surface area contributed by atoms with E-state index in [1.165, 1.54) is 0 Å². The molecule has 3 heteroatoms. The second-order valence-electron chi connectivity index (χ2n) is 2.06. The fourth-order valence-electron chi connectivity index (χ4n) is 0.657. The highest BCUT2D eigenvalue weighted by Gasteiger charge is 2.00. The molecule has 2 nitrogen and oxygen atoms in total. The summed E-state index contributed by atoms with van der Waals surface area (Å²) in [5.41, 5.74) is 0.604. The maximum atomic E-state index is 9.03. The summed E-state index contributed by atoms with van der Waals surface area (Å²) in [7, 11) is 0. The van der Waals surface area contributed by atoms with Crippen LogP contribution in [0.25, 0.3) is 0 Å². The van der Waals surface area contributed by atoms with E-state index in [9.17, 15) is 0 Å². The van der Waals surface area contributed by atoms with E-state index in [-0.39, 0.29) is 0 Å². The molecule has 0 aliphatic rings. The van der Waals surface area contributed by atoms with Gasteiger partial charge >= 0.3 is 0 Å². The molecule has 1 aromatic rings. The molecule has 1 heterocycles. The molecule has 0 fully saturated rings. The number of hydrogen-bond acceptors (Lipinski definition) is 2. The minimum Gasteiger partial charge on any atom is -0.387 e. The first kappa shape index (κ1) is 7.51. The minimum atomic E-state index is -0.543. The van der Waals surface area contributed by atoms with Crippen LogP contribution >= 0.6 is 11.6 Å². The number of nitrogens with zero attached hydrogens (tertiary/aromatic N) is 1. The van der Waals surface area contributed by atoms with E-state index in [1.54, 1.807) is 25.1 Å². The van der Waals surface area contributed by atoms with Gasteiger partial charge in [-0.15, -0.1) is 0 Å². The summed E-state index contributed by atoms with van der Waals surface area (Å²) in [5, 5.41) is 9.44. The van der Waals surface area contributed by atoms with Crippen molar-refractivity contribution in [2.75, 3.05) is 0 Å². The van der Waals surface area contributed by atoms with Gasteiger partial charge in [-0.2, -0.15) is 0 Å². The lowest BCUT2D eigenvalue weighted by atomic mass is 10.2. The molecule has 1 atom stereocenters. The number of aliphatic hydroxyl groups excluding tert-OH is 1. The molecule has 0 bridgehead atoms. The highest BCUT2D eigenvalue weighted by molar-refractivity contribution is 6.29. The molecule has 0 aromatic carbocycles. The van der Waals surface area contributed by atoms with Gasteiger partial charge in [0.15, 0.2) is 0 Å². The van der Waals surface area contributed by atoms with Crippen molar-refractivity contribution in [2.24, 2.45) is 0 Å². The van der Waals surface area contributed by atoms with E-state index >= 15 is 0 Å². The molecule has 0 aliphatic carbocycles. The van der Waals surface area contributed by atoms with E-state index < -0.39 is 6.10 Å². The Hall–Kier alpha value is -0.600. The van der Waals surface area contributed by atoms with Crippen LogP contribution < -0.4 is 0 Å². The van der Waals surface area contributed by atoms with Crippen molar-refractivity contribution in [3.63, 3.8) is 0 Å². The van der Waals surface area contributed by atoms with Crippen LogP contribution in [0.1, 0.15) is 18.7 Å². The molecule has 0 saturated heterocycles. The van der Waals surface area contributed by atoms with E-state index in [0.29, 0.717) is 10.8 Å². The first-order valence-corrected chi connectivity index (χ1v) is 3.38. The Balaban J connectivity index is 2.96.